The third-order valence-electron chi connectivity index (χ3n) is 4.35. The molecule has 0 bridgehead atoms. The van der Waals surface area contributed by atoms with Crippen LogP contribution in [-0.2, 0) is 6.42 Å². The van der Waals surface area contributed by atoms with E-state index in [1.165, 1.54) is 31.2 Å². The highest BCUT2D eigenvalue weighted by atomic mass is 16.4. The molecular formula is C21H26N2O. The number of para-hydroxylation sites is 2. The highest BCUT2D eigenvalue weighted by molar-refractivity contribution is 5.74. The number of benzene rings is 2. The Balaban J connectivity index is 1.70. The second kappa shape index (κ2) is 8.53. The van der Waals surface area contributed by atoms with E-state index in [4.69, 9.17) is 4.42 Å². The van der Waals surface area contributed by atoms with Crippen molar-refractivity contribution in [1.29, 1.82) is 0 Å². The summed E-state index contributed by atoms with van der Waals surface area (Å²) in [6.45, 7) is 4.18. The van der Waals surface area contributed by atoms with Crippen LogP contribution in [0.15, 0.2) is 59.0 Å². The van der Waals surface area contributed by atoms with Gasteiger partial charge in [-0.05, 0) is 30.5 Å². The van der Waals surface area contributed by atoms with Crippen molar-refractivity contribution in [2.24, 2.45) is 0 Å². The molecule has 126 valence electrons. The highest BCUT2D eigenvalue weighted by Gasteiger charge is 2.13. The van der Waals surface area contributed by atoms with Crippen molar-refractivity contribution in [2.75, 3.05) is 18.0 Å². The van der Waals surface area contributed by atoms with E-state index in [2.05, 4.69) is 47.1 Å². The summed E-state index contributed by atoms with van der Waals surface area (Å²) in [6.07, 6.45) is 6.00. The number of unbranched alkanes of at least 4 members (excludes halogenated alkanes) is 3. The van der Waals surface area contributed by atoms with Gasteiger partial charge in [0.15, 0.2) is 5.58 Å². The van der Waals surface area contributed by atoms with Crippen LogP contribution in [0, 0.1) is 0 Å². The Hall–Kier alpha value is -2.29. The lowest BCUT2D eigenvalue weighted by Gasteiger charge is -2.20. The molecule has 0 radical (unpaired) electrons. The van der Waals surface area contributed by atoms with Gasteiger partial charge < -0.3 is 9.32 Å². The maximum absolute atomic E-state index is 5.99. The Morgan fingerprint density at radius 3 is 2.46 bits per heavy atom. The molecule has 0 amide bonds. The molecule has 0 saturated heterocycles. The van der Waals surface area contributed by atoms with Crippen LogP contribution in [0.1, 0.15) is 38.2 Å². The molecule has 3 heteroatoms. The average molecular weight is 322 g/mol. The molecular weight excluding hydrogens is 296 g/mol. The fraction of sp³-hybridized carbons (Fsp3) is 0.381. The summed E-state index contributed by atoms with van der Waals surface area (Å²) < 4.78 is 5.99. The first-order valence-corrected chi connectivity index (χ1v) is 9.01. The van der Waals surface area contributed by atoms with Gasteiger partial charge in [0.05, 0.1) is 0 Å². The minimum absolute atomic E-state index is 0.753. The fourth-order valence-electron chi connectivity index (χ4n) is 2.94. The molecule has 0 atom stereocenters. The lowest BCUT2D eigenvalue weighted by molar-refractivity contribution is 0.549. The summed E-state index contributed by atoms with van der Waals surface area (Å²) >= 11 is 0. The molecule has 24 heavy (non-hydrogen) atoms. The molecule has 0 aliphatic carbocycles. The monoisotopic (exact) mass is 322 g/mol. The SMILES string of the molecule is CCCCCCN(CCc1ccccc1)c1nc2ccccc2o1. The van der Waals surface area contributed by atoms with E-state index in [0.717, 1.165) is 36.6 Å². The smallest absolute Gasteiger partial charge is 0.298 e. The zero-order valence-electron chi connectivity index (χ0n) is 14.4. The van der Waals surface area contributed by atoms with Crippen molar-refractivity contribution in [2.45, 2.75) is 39.0 Å². The quantitative estimate of drug-likeness (QED) is 0.490. The van der Waals surface area contributed by atoms with Gasteiger partial charge in [0.2, 0.25) is 0 Å². The molecule has 0 spiro atoms. The van der Waals surface area contributed by atoms with E-state index in [9.17, 15) is 0 Å². The second-order valence-electron chi connectivity index (χ2n) is 6.25. The van der Waals surface area contributed by atoms with Gasteiger partial charge in [-0.15, -0.1) is 0 Å². The van der Waals surface area contributed by atoms with Gasteiger partial charge in [-0.1, -0.05) is 68.7 Å². The normalized spacial score (nSPS) is 11.0. The summed E-state index contributed by atoms with van der Waals surface area (Å²) in [7, 11) is 0. The van der Waals surface area contributed by atoms with Gasteiger partial charge in [0, 0.05) is 13.1 Å². The average Bonchev–Trinajstić information content (AvgIpc) is 3.06. The zero-order chi connectivity index (χ0) is 16.6. The Kier molecular flexibility index (Phi) is 5.89. The maximum atomic E-state index is 5.99. The Labute approximate surface area is 144 Å². The fourth-order valence-corrected chi connectivity index (χ4v) is 2.94. The summed E-state index contributed by atoms with van der Waals surface area (Å²) in [6, 6.07) is 19.4. The first kappa shape index (κ1) is 16.6. The number of oxazole rings is 1. The van der Waals surface area contributed by atoms with Crippen molar-refractivity contribution < 1.29 is 4.42 Å². The number of hydrogen-bond donors (Lipinski definition) is 0. The molecule has 1 heterocycles. The first-order chi connectivity index (χ1) is 11.9. The lowest BCUT2D eigenvalue weighted by Crippen LogP contribution is -2.27. The number of hydrogen-bond acceptors (Lipinski definition) is 3. The van der Waals surface area contributed by atoms with E-state index in [1.807, 2.05) is 24.3 Å². The third-order valence-corrected chi connectivity index (χ3v) is 4.35. The molecule has 0 unspecified atom stereocenters. The minimum atomic E-state index is 0.753. The topological polar surface area (TPSA) is 29.3 Å². The maximum Gasteiger partial charge on any atom is 0.298 e. The Morgan fingerprint density at radius 1 is 0.875 bits per heavy atom. The van der Waals surface area contributed by atoms with Gasteiger partial charge >= 0.3 is 0 Å². The molecule has 1 aromatic heterocycles. The Morgan fingerprint density at radius 2 is 1.67 bits per heavy atom. The number of fused-ring (bicyclic) bond motifs is 1. The van der Waals surface area contributed by atoms with Crippen molar-refractivity contribution in [3.8, 4) is 0 Å². The van der Waals surface area contributed by atoms with E-state index >= 15 is 0 Å². The highest BCUT2D eigenvalue weighted by Crippen LogP contribution is 2.22. The largest absolute Gasteiger partial charge is 0.423 e. The number of anilines is 1. The second-order valence-corrected chi connectivity index (χ2v) is 6.25. The van der Waals surface area contributed by atoms with Crippen molar-refractivity contribution in [3.05, 3.63) is 60.2 Å². The van der Waals surface area contributed by atoms with Crippen LogP contribution in [0.3, 0.4) is 0 Å². The molecule has 2 aromatic carbocycles. The zero-order valence-corrected chi connectivity index (χ0v) is 14.4. The van der Waals surface area contributed by atoms with Crippen molar-refractivity contribution in [3.63, 3.8) is 0 Å². The molecule has 3 aromatic rings. The van der Waals surface area contributed by atoms with Crippen LogP contribution >= 0.6 is 0 Å². The molecule has 3 rings (SSSR count). The van der Waals surface area contributed by atoms with Crippen LogP contribution in [0.25, 0.3) is 11.1 Å². The van der Waals surface area contributed by atoms with Crippen LogP contribution in [-0.4, -0.2) is 18.1 Å². The molecule has 0 aliphatic rings. The van der Waals surface area contributed by atoms with E-state index in [1.54, 1.807) is 0 Å². The first-order valence-electron chi connectivity index (χ1n) is 9.01. The lowest BCUT2D eigenvalue weighted by atomic mass is 10.1. The van der Waals surface area contributed by atoms with Gasteiger partial charge in [-0.3, -0.25) is 0 Å². The van der Waals surface area contributed by atoms with Crippen LogP contribution in [0.2, 0.25) is 0 Å². The van der Waals surface area contributed by atoms with E-state index in [-0.39, 0.29) is 0 Å². The van der Waals surface area contributed by atoms with Crippen LogP contribution < -0.4 is 4.90 Å². The van der Waals surface area contributed by atoms with Crippen molar-refractivity contribution in [1.82, 2.24) is 4.98 Å². The molecule has 0 saturated carbocycles. The third kappa shape index (κ3) is 4.38. The van der Waals surface area contributed by atoms with Gasteiger partial charge in [0.25, 0.3) is 6.01 Å². The predicted molar refractivity (Wildman–Crippen MR) is 101 cm³/mol. The van der Waals surface area contributed by atoms with Crippen LogP contribution in [0.5, 0.6) is 0 Å². The molecule has 0 aliphatic heterocycles. The summed E-state index contributed by atoms with van der Waals surface area (Å²) in [5.41, 5.74) is 3.16. The predicted octanol–water partition coefficient (Wildman–Crippen LogP) is 5.46. The van der Waals surface area contributed by atoms with Crippen LogP contribution in [0.4, 0.5) is 6.01 Å². The van der Waals surface area contributed by atoms with E-state index in [0.29, 0.717) is 0 Å². The molecule has 0 fully saturated rings. The van der Waals surface area contributed by atoms with Crippen molar-refractivity contribution >= 4 is 17.1 Å². The number of rotatable bonds is 9. The molecule has 3 nitrogen and oxygen atoms in total. The molecule has 0 N–H and O–H groups in total. The Bertz CT molecular complexity index is 703. The standard InChI is InChI=1S/C21H26N2O/c1-2-3-4-10-16-23(17-15-18-11-6-5-7-12-18)21-22-19-13-8-9-14-20(19)24-21/h5-9,11-14H,2-4,10,15-17H2,1H3. The summed E-state index contributed by atoms with van der Waals surface area (Å²) in [5.74, 6) is 0. The number of nitrogens with zero attached hydrogens (tertiary/aromatic N) is 2. The number of aromatic nitrogens is 1. The van der Waals surface area contributed by atoms with E-state index < -0.39 is 0 Å². The summed E-state index contributed by atoms with van der Waals surface area (Å²) in [4.78, 5) is 6.98. The minimum Gasteiger partial charge on any atom is -0.423 e. The van der Waals surface area contributed by atoms with Gasteiger partial charge in [0.1, 0.15) is 5.52 Å². The van der Waals surface area contributed by atoms with Gasteiger partial charge in [-0.25, -0.2) is 0 Å². The summed E-state index contributed by atoms with van der Waals surface area (Å²) in [5, 5.41) is 0. The van der Waals surface area contributed by atoms with Gasteiger partial charge in [-0.2, -0.15) is 4.98 Å².